The Balaban J connectivity index is 2.33. The van der Waals surface area contributed by atoms with Crippen LogP contribution < -0.4 is 0 Å². The summed E-state index contributed by atoms with van der Waals surface area (Å²) in [4.78, 5) is 8.13. The average Bonchev–Trinajstić information content (AvgIpc) is 2.75. The summed E-state index contributed by atoms with van der Waals surface area (Å²) in [6.45, 7) is 1.79. The lowest BCUT2D eigenvalue weighted by Gasteiger charge is -1.88. The molecule has 0 amide bonds. The first-order chi connectivity index (χ1) is 6.27. The Labute approximate surface area is 83.6 Å². The van der Waals surface area contributed by atoms with E-state index in [0.29, 0.717) is 17.4 Å². The van der Waals surface area contributed by atoms with Crippen molar-refractivity contribution in [3.63, 3.8) is 0 Å². The Morgan fingerprint density at radius 1 is 1.62 bits per heavy atom. The first-order valence-corrected chi connectivity index (χ1v) is 5.01. The van der Waals surface area contributed by atoms with E-state index in [2.05, 4.69) is 15.1 Å². The van der Waals surface area contributed by atoms with E-state index in [9.17, 15) is 0 Å². The van der Waals surface area contributed by atoms with E-state index in [-0.39, 0.29) is 5.38 Å². The molecule has 2 heterocycles. The van der Waals surface area contributed by atoms with E-state index >= 15 is 0 Å². The molecule has 0 bridgehead atoms. The van der Waals surface area contributed by atoms with Gasteiger partial charge in [-0.2, -0.15) is 4.98 Å². The third-order valence-corrected chi connectivity index (χ3v) is 2.23. The number of hydrogen-bond donors (Lipinski definition) is 0. The van der Waals surface area contributed by atoms with E-state index in [1.54, 1.807) is 12.4 Å². The average molecular weight is 216 g/mol. The third-order valence-electron chi connectivity index (χ3n) is 1.45. The van der Waals surface area contributed by atoms with Crippen molar-refractivity contribution in [3.8, 4) is 11.6 Å². The van der Waals surface area contributed by atoms with Crippen molar-refractivity contribution in [1.29, 1.82) is 0 Å². The number of alkyl halides is 1. The second-order valence-electron chi connectivity index (χ2n) is 2.45. The molecule has 0 radical (unpaired) electrons. The van der Waals surface area contributed by atoms with Crippen molar-refractivity contribution in [2.75, 3.05) is 0 Å². The smallest absolute Gasteiger partial charge is 0.277 e. The zero-order chi connectivity index (χ0) is 9.26. The molecule has 2 aromatic rings. The molecule has 0 saturated heterocycles. The van der Waals surface area contributed by atoms with Crippen LogP contribution in [0.25, 0.3) is 11.6 Å². The lowest BCUT2D eigenvalue weighted by Crippen LogP contribution is -1.86. The normalized spacial score (nSPS) is 13.1. The Morgan fingerprint density at radius 2 is 2.46 bits per heavy atom. The van der Waals surface area contributed by atoms with Crippen molar-refractivity contribution in [3.05, 3.63) is 16.7 Å². The van der Waals surface area contributed by atoms with Crippen molar-refractivity contribution in [2.45, 2.75) is 12.3 Å². The summed E-state index contributed by atoms with van der Waals surface area (Å²) < 4.78 is 4.97. The van der Waals surface area contributed by atoms with Gasteiger partial charge in [-0.15, -0.1) is 22.9 Å². The van der Waals surface area contributed by atoms with E-state index in [1.165, 1.54) is 11.3 Å². The molecule has 0 saturated carbocycles. The quantitative estimate of drug-likeness (QED) is 0.723. The maximum absolute atomic E-state index is 5.78. The highest BCUT2D eigenvalue weighted by Crippen LogP contribution is 2.21. The molecule has 0 spiro atoms. The second kappa shape index (κ2) is 3.43. The minimum Gasteiger partial charge on any atom is -0.332 e. The van der Waals surface area contributed by atoms with Gasteiger partial charge < -0.3 is 4.52 Å². The van der Waals surface area contributed by atoms with Crippen LogP contribution in [-0.2, 0) is 0 Å². The standard InChI is InChI=1S/C7H6ClN3OS/c1-4(8)6-10-7(12-11-6)5-2-13-3-9-5/h2-4H,1H3. The number of rotatable bonds is 2. The first kappa shape index (κ1) is 8.65. The number of nitrogens with zero attached hydrogens (tertiary/aromatic N) is 3. The monoisotopic (exact) mass is 215 g/mol. The lowest BCUT2D eigenvalue weighted by atomic mass is 10.4. The van der Waals surface area contributed by atoms with Gasteiger partial charge in [-0.05, 0) is 6.92 Å². The van der Waals surface area contributed by atoms with Crippen LogP contribution in [-0.4, -0.2) is 15.1 Å². The Morgan fingerprint density at radius 3 is 3.00 bits per heavy atom. The molecule has 6 heteroatoms. The fraction of sp³-hybridized carbons (Fsp3) is 0.286. The second-order valence-corrected chi connectivity index (χ2v) is 3.82. The summed E-state index contributed by atoms with van der Waals surface area (Å²) in [6, 6.07) is 0. The molecule has 68 valence electrons. The van der Waals surface area contributed by atoms with E-state index < -0.39 is 0 Å². The summed E-state index contributed by atoms with van der Waals surface area (Å²) in [5, 5.41) is 5.32. The van der Waals surface area contributed by atoms with Crippen LogP contribution in [0.5, 0.6) is 0 Å². The maximum Gasteiger partial charge on any atom is 0.277 e. The molecule has 1 atom stereocenters. The highest BCUT2D eigenvalue weighted by molar-refractivity contribution is 7.07. The molecule has 0 fully saturated rings. The summed E-state index contributed by atoms with van der Waals surface area (Å²) >= 11 is 7.26. The zero-order valence-corrected chi connectivity index (χ0v) is 8.34. The Kier molecular flexibility index (Phi) is 2.28. The fourth-order valence-electron chi connectivity index (χ4n) is 0.819. The molecule has 0 aliphatic rings. The van der Waals surface area contributed by atoms with Crippen molar-refractivity contribution in [2.24, 2.45) is 0 Å². The number of halogens is 1. The van der Waals surface area contributed by atoms with Gasteiger partial charge in [0.25, 0.3) is 5.89 Å². The molecule has 2 rings (SSSR count). The highest BCUT2D eigenvalue weighted by atomic mass is 35.5. The van der Waals surface area contributed by atoms with Gasteiger partial charge >= 0.3 is 0 Å². The van der Waals surface area contributed by atoms with Gasteiger partial charge in [-0.3, -0.25) is 0 Å². The van der Waals surface area contributed by atoms with E-state index in [1.807, 2.05) is 5.38 Å². The van der Waals surface area contributed by atoms with Crippen LogP contribution in [0, 0.1) is 0 Å². The minimum absolute atomic E-state index is 0.240. The van der Waals surface area contributed by atoms with Crippen LogP contribution >= 0.6 is 22.9 Å². The van der Waals surface area contributed by atoms with Gasteiger partial charge in [-0.1, -0.05) is 5.16 Å². The molecule has 2 aromatic heterocycles. The van der Waals surface area contributed by atoms with Gasteiger partial charge in [0.1, 0.15) is 5.69 Å². The summed E-state index contributed by atoms with van der Waals surface area (Å²) in [7, 11) is 0. The summed E-state index contributed by atoms with van der Waals surface area (Å²) in [6.07, 6.45) is 0. The molecule has 1 unspecified atom stereocenters. The van der Waals surface area contributed by atoms with Crippen LogP contribution in [0.15, 0.2) is 15.4 Å². The van der Waals surface area contributed by atoms with Crippen LogP contribution in [0.2, 0.25) is 0 Å². The van der Waals surface area contributed by atoms with E-state index in [0.717, 1.165) is 0 Å². The topological polar surface area (TPSA) is 51.8 Å². The predicted molar refractivity (Wildman–Crippen MR) is 49.7 cm³/mol. The predicted octanol–water partition coefficient (Wildman–Crippen LogP) is 2.49. The number of hydrogen-bond acceptors (Lipinski definition) is 5. The minimum atomic E-state index is -0.240. The van der Waals surface area contributed by atoms with Gasteiger partial charge in [0.2, 0.25) is 0 Å². The molecule has 0 aliphatic heterocycles. The first-order valence-electron chi connectivity index (χ1n) is 3.63. The molecule has 0 N–H and O–H groups in total. The van der Waals surface area contributed by atoms with Gasteiger partial charge in [-0.25, -0.2) is 4.98 Å². The molecular formula is C7H6ClN3OS. The summed E-state index contributed by atoms with van der Waals surface area (Å²) in [5.74, 6) is 0.911. The zero-order valence-electron chi connectivity index (χ0n) is 6.77. The van der Waals surface area contributed by atoms with Gasteiger partial charge in [0.15, 0.2) is 5.82 Å². The summed E-state index contributed by atoms with van der Waals surface area (Å²) in [5.41, 5.74) is 2.41. The third kappa shape index (κ3) is 1.71. The van der Waals surface area contributed by atoms with Gasteiger partial charge in [0.05, 0.1) is 10.9 Å². The van der Waals surface area contributed by atoms with E-state index in [4.69, 9.17) is 16.1 Å². The number of aromatic nitrogens is 3. The van der Waals surface area contributed by atoms with Crippen LogP contribution in [0.3, 0.4) is 0 Å². The van der Waals surface area contributed by atoms with Crippen LogP contribution in [0.1, 0.15) is 18.1 Å². The fourth-order valence-corrected chi connectivity index (χ4v) is 1.43. The molecule has 0 aromatic carbocycles. The highest BCUT2D eigenvalue weighted by Gasteiger charge is 2.13. The molecule has 0 aliphatic carbocycles. The van der Waals surface area contributed by atoms with Crippen molar-refractivity contribution in [1.82, 2.24) is 15.1 Å². The largest absolute Gasteiger partial charge is 0.332 e. The van der Waals surface area contributed by atoms with Crippen molar-refractivity contribution < 1.29 is 4.52 Å². The molecular weight excluding hydrogens is 210 g/mol. The molecule has 4 nitrogen and oxygen atoms in total. The maximum atomic E-state index is 5.78. The molecule has 13 heavy (non-hydrogen) atoms. The lowest BCUT2D eigenvalue weighted by molar-refractivity contribution is 0.421. The van der Waals surface area contributed by atoms with Crippen LogP contribution in [0.4, 0.5) is 0 Å². The Bertz CT molecular complexity index is 384. The Hall–Kier alpha value is -0.940. The SMILES string of the molecule is CC(Cl)c1noc(-c2cscn2)n1. The van der Waals surface area contributed by atoms with Crippen molar-refractivity contribution >= 4 is 22.9 Å². The van der Waals surface area contributed by atoms with Gasteiger partial charge in [0, 0.05) is 5.38 Å². The number of thiazole rings is 1.